The molecule has 0 aliphatic carbocycles. The summed E-state index contributed by atoms with van der Waals surface area (Å²) >= 11 is 0. The van der Waals surface area contributed by atoms with Crippen molar-refractivity contribution in [3.63, 3.8) is 0 Å². The van der Waals surface area contributed by atoms with E-state index in [0.717, 1.165) is 23.1 Å². The molecular weight excluding hydrogens is 324 g/mol. The Labute approximate surface area is 143 Å². The molecule has 128 valence electrons. The minimum absolute atomic E-state index is 0.0791. The lowest BCUT2D eigenvalue weighted by molar-refractivity contribution is -0.116. The van der Waals surface area contributed by atoms with Gasteiger partial charge >= 0.3 is 0 Å². The van der Waals surface area contributed by atoms with Gasteiger partial charge in [0.15, 0.2) is 0 Å². The number of anilines is 2. The van der Waals surface area contributed by atoms with Gasteiger partial charge in [-0.2, -0.15) is 0 Å². The van der Waals surface area contributed by atoms with Crippen molar-refractivity contribution in [1.29, 1.82) is 0 Å². The van der Waals surface area contributed by atoms with Crippen molar-refractivity contribution in [3.8, 4) is 0 Å². The monoisotopic (exact) mass is 346 g/mol. The second-order valence-corrected chi connectivity index (χ2v) is 7.64. The van der Waals surface area contributed by atoms with E-state index in [2.05, 4.69) is 5.32 Å². The van der Waals surface area contributed by atoms with Crippen LogP contribution in [0.5, 0.6) is 0 Å². The molecule has 0 aliphatic rings. The van der Waals surface area contributed by atoms with Crippen molar-refractivity contribution in [3.05, 3.63) is 59.7 Å². The Balaban J connectivity index is 2.10. The van der Waals surface area contributed by atoms with E-state index < -0.39 is 10.0 Å². The Bertz CT molecular complexity index is 832. The predicted molar refractivity (Wildman–Crippen MR) is 97.8 cm³/mol. The number of carbonyl (C=O) groups excluding carboxylic acids is 1. The molecule has 5 nitrogen and oxygen atoms in total. The highest BCUT2D eigenvalue weighted by molar-refractivity contribution is 7.92. The number of benzene rings is 2. The van der Waals surface area contributed by atoms with Crippen molar-refractivity contribution in [2.45, 2.75) is 20.3 Å². The quantitative estimate of drug-likeness (QED) is 0.874. The summed E-state index contributed by atoms with van der Waals surface area (Å²) in [6.07, 6.45) is 1.23. The lowest BCUT2D eigenvalue weighted by Gasteiger charge is -2.24. The highest BCUT2D eigenvalue weighted by atomic mass is 32.2. The van der Waals surface area contributed by atoms with E-state index in [1.807, 2.05) is 50.2 Å². The summed E-state index contributed by atoms with van der Waals surface area (Å²) < 4.78 is 25.5. The number of aryl methyl sites for hydroxylation is 2. The van der Waals surface area contributed by atoms with Crippen LogP contribution in [0.2, 0.25) is 0 Å². The molecule has 1 N–H and O–H groups in total. The van der Waals surface area contributed by atoms with Crippen LogP contribution in [-0.4, -0.2) is 27.1 Å². The van der Waals surface area contributed by atoms with Crippen molar-refractivity contribution in [2.75, 3.05) is 22.4 Å². The number of hydrogen-bond acceptors (Lipinski definition) is 3. The molecule has 0 aliphatic heterocycles. The second-order valence-electron chi connectivity index (χ2n) is 5.73. The minimum atomic E-state index is -3.46. The van der Waals surface area contributed by atoms with Gasteiger partial charge < -0.3 is 5.32 Å². The molecule has 0 unspecified atom stereocenters. The molecule has 6 heteroatoms. The van der Waals surface area contributed by atoms with Gasteiger partial charge in [0.25, 0.3) is 0 Å². The number of nitrogens with one attached hydrogen (secondary N) is 1. The van der Waals surface area contributed by atoms with Crippen molar-refractivity contribution >= 4 is 27.3 Å². The van der Waals surface area contributed by atoms with E-state index in [4.69, 9.17) is 0 Å². The Kier molecular flexibility index (Phi) is 5.62. The summed E-state index contributed by atoms with van der Waals surface area (Å²) in [7, 11) is -3.46. The summed E-state index contributed by atoms with van der Waals surface area (Å²) in [6, 6.07) is 14.7. The van der Waals surface area contributed by atoms with Crippen LogP contribution >= 0.6 is 0 Å². The molecular formula is C18H22N2O3S. The van der Waals surface area contributed by atoms with E-state index in [-0.39, 0.29) is 18.9 Å². The van der Waals surface area contributed by atoms with E-state index >= 15 is 0 Å². The van der Waals surface area contributed by atoms with Gasteiger partial charge in [0.2, 0.25) is 15.9 Å². The molecule has 0 bridgehead atoms. The molecule has 0 radical (unpaired) electrons. The first-order chi connectivity index (χ1) is 11.3. The van der Waals surface area contributed by atoms with Crippen LogP contribution in [-0.2, 0) is 14.8 Å². The lowest BCUT2D eigenvalue weighted by Crippen LogP contribution is -2.33. The maximum absolute atomic E-state index is 12.2. The number of para-hydroxylation sites is 2. The summed E-state index contributed by atoms with van der Waals surface area (Å²) in [5, 5.41) is 2.82. The number of nitrogens with zero attached hydrogens (tertiary/aromatic N) is 1. The maximum Gasteiger partial charge on any atom is 0.232 e. The van der Waals surface area contributed by atoms with Gasteiger partial charge in [-0.1, -0.05) is 36.4 Å². The van der Waals surface area contributed by atoms with Gasteiger partial charge in [0.1, 0.15) is 0 Å². The third-order valence-electron chi connectivity index (χ3n) is 3.75. The van der Waals surface area contributed by atoms with Crippen molar-refractivity contribution in [2.24, 2.45) is 0 Å². The zero-order valence-corrected chi connectivity index (χ0v) is 14.9. The number of carbonyl (C=O) groups is 1. The maximum atomic E-state index is 12.2. The fourth-order valence-electron chi connectivity index (χ4n) is 2.44. The van der Waals surface area contributed by atoms with Crippen LogP contribution < -0.4 is 9.62 Å². The van der Waals surface area contributed by atoms with Crippen LogP contribution in [0.15, 0.2) is 48.5 Å². The van der Waals surface area contributed by atoms with Crippen molar-refractivity contribution in [1.82, 2.24) is 0 Å². The predicted octanol–water partition coefficient (Wildman–Crippen LogP) is 3.10. The van der Waals surface area contributed by atoms with Gasteiger partial charge in [-0.15, -0.1) is 0 Å². The molecule has 1 amide bonds. The first-order valence-corrected chi connectivity index (χ1v) is 9.52. The second kappa shape index (κ2) is 7.49. The summed E-state index contributed by atoms with van der Waals surface area (Å²) in [5.74, 6) is -0.216. The summed E-state index contributed by atoms with van der Waals surface area (Å²) in [4.78, 5) is 12.2. The topological polar surface area (TPSA) is 66.5 Å². The largest absolute Gasteiger partial charge is 0.326 e. The van der Waals surface area contributed by atoms with E-state index in [9.17, 15) is 13.2 Å². The molecule has 24 heavy (non-hydrogen) atoms. The van der Waals surface area contributed by atoms with Gasteiger partial charge in [-0.25, -0.2) is 8.42 Å². The van der Waals surface area contributed by atoms with E-state index in [0.29, 0.717) is 5.69 Å². The van der Waals surface area contributed by atoms with Crippen LogP contribution in [0.3, 0.4) is 0 Å². The van der Waals surface area contributed by atoms with Crippen LogP contribution in [0, 0.1) is 13.8 Å². The Morgan fingerprint density at radius 1 is 1.00 bits per heavy atom. The van der Waals surface area contributed by atoms with Gasteiger partial charge in [0, 0.05) is 18.7 Å². The first kappa shape index (κ1) is 18.0. The fourth-order valence-corrected chi connectivity index (χ4v) is 3.42. The third kappa shape index (κ3) is 4.58. The molecule has 2 rings (SSSR count). The summed E-state index contributed by atoms with van der Waals surface area (Å²) in [6.45, 7) is 3.86. The number of rotatable bonds is 6. The molecule has 0 saturated heterocycles. The molecule has 2 aromatic rings. The smallest absolute Gasteiger partial charge is 0.232 e. The zero-order chi connectivity index (χ0) is 17.7. The molecule has 0 aromatic heterocycles. The van der Waals surface area contributed by atoms with Gasteiger partial charge in [-0.3, -0.25) is 9.10 Å². The molecule has 0 fully saturated rings. The average molecular weight is 346 g/mol. The SMILES string of the molecule is Cc1ccccc1NC(=O)CCN(c1ccccc1C)S(C)(=O)=O. The number of sulfonamides is 1. The third-order valence-corrected chi connectivity index (χ3v) is 4.93. The Morgan fingerprint density at radius 3 is 2.17 bits per heavy atom. The highest BCUT2D eigenvalue weighted by Gasteiger charge is 2.20. The number of hydrogen-bond donors (Lipinski definition) is 1. The lowest BCUT2D eigenvalue weighted by atomic mass is 10.2. The standard InChI is InChI=1S/C18H22N2O3S/c1-14-8-4-6-10-16(14)19-18(21)12-13-20(24(3,22)23)17-11-7-5-9-15(17)2/h4-11H,12-13H2,1-3H3,(H,19,21). The van der Waals surface area contributed by atoms with E-state index in [1.165, 1.54) is 4.31 Å². The summed E-state index contributed by atoms with van der Waals surface area (Å²) in [5.41, 5.74) is 3.15. The zero-order valence-electron chi connectivity index (χ0n) is 14.1. The molecule has 0 saturated carbocycles. The highest BCUT2D eigenvalue weighted by Crippen LogP contribution is 2.22. The Morgan fingerprint density at radius 2 is 1.58 bits per heavy atom. The molecule has 2 aromatic carbocycles. The minimum Gasteiger partial charge on any atom is -0.326 e. The van der Waals surface area contributed by atoms with Gasteiger partial charge in [-0.05, 0) is 37.1 Å². The molecule has 0 heterocycles. The van der Waals surface area contributed by atoms with E-state index in [1.54, 1.807) is 12.1 Å². The van der Waals surface area contributed by atoms with Crippen molar-refractivity contribution < 1.29 is 13.2 Å². The van der Waals surface area contributed by atoms with Gasteiger partial charge in [0.05, 0.1) is 11.9 Å². The average Bonchev–Trinajstić information content (AvgIpc) is 2.50. The molecule has 0 atom stereocenters. The number of amides is 1. The Hall–Kier alpha value is -2.34. The normalized spacial score (nSPS) is 11.1. The van der Waals surface area contributed by atoms with Crippen LogP contribution in [0.4, 0.5) is 11.4 Å². The fraction of sp³-hybridized carbons (Fsp3) is 0.278. The molecule has 0 spiro atoms. The first-order valence-electron chi connectivity index (χ1n) is 7.68. The van der Waals surface area contributed by atoms with Crippen LogP contribution in [0.25, 0.3) is 0 Å². The van der Waals surface area contributed by atoms with Crippen LogP contribution in [0.1, 0.15) is 17.5 Å².